The average molecular weight is 420 g/mol. The number of benzene rings is 2. The van der Waals surface area contributed by atoms with Gasteiger partial charge in [-0.05, 0) is 35.9 Å². The van der Waals surface area contributed by atoms with Crippen LogP contribution in [0.4, 0.5) is 4.39 Å². The van der Waals surface area contributed by atoms with Crippen LogP contribution in [0.3, 0.4) is 0 Å². The van der Waals surface area contributed by atoms with E-state index < -0.39 is 0 Å². The highest BCUT2D eigenvalue weighted by atomic mass is 35.5. The normalized spacial score (nSPS) is 15.5. The van der Waals surface area contributed by atoms with E-state index >= 15 is 0 Å². The van der Waals surface area contributed by atoms with Gasteiger partial charge >= 0.3 is 0 Å². The van der Waals surface area contributed by atoms with Crippen molar-refractivity contribution in [2.24, 2.45) is 0 Å². The Morgan fingerprint density at radius 3 is 2.52 bits per heavy atom. The zero-order chi connectivity index (χ0) is 20.6. The van der Waals surface area contributed by atoms with E-state index in [9.17, 15) is 14.0 Å². The van der Waals surface area contributed by atoms with Gasteiger partial charge in [0.1, 0.15) is 5.82 Å². The van der Waals surface area contributed by atoms with Crippen LogP contribution in [0.2, 0.25) is 5.02 Å². The molecule has 6 nitrogen and oxygen atoms in total. The van der Waals surface area contributed by atoms with Gasteiger partial charge in [-0.2, -0.15) is 0 Å². The zero-order valence-corrected chi connectivity index (χ0v) is 16.6. The van der Waals surface area contributed by atoms with E-state index in [2.05, 4.69) is 15.5 Å². The van der Waals surface area contributed by atoms with E-state index in [1.54, 1.807) is 30.3 Å². The lowest BCUT2D eigenvalue weighted by molar-refractivity contribution is -0.120. The topological polar surface area (TPSA) is 70.7 Å². The molecule has 3 rings (SSSR count). The van der Waals surface area contributed by atoms with Crippen molar-refractivity contribution < 1.29 is 18.7 Å². The maximum absolute atomic E-state index is 13.3. The molecule has 0 aliphatic carbocycles. The lowest BCUT2D eigenvalue weighted by Crippen LogP contribution is -2.45. The summed E-state index contributed by atoms with van der Waals surface area (Å²) in [5.74, 6) is -0.978. The molecule has 2 aromatic carbocycles. The van der Waals surface area contributed by atoms with Gasteiger partial charge in [0.2, 0.25) is 5.91 Å². The van der Waals surface area contributed by atoms with Gasteiger partial charge in [0.25, 0.3) is 5.91 Å². The molecule has 0 saturated carbocycles. The molecule has 1 heterocycles. The summed E-state index contributed by atoms with van der Waals surface area (Å²) in [6.45, 7) is 2.87. The summed E-state index contributed by atoms with van der Waals surface area (Å²) in [6, 6.07) is 12.7. The van der Waals surface area contributed by atoms with Gasteiger partial charge in [-0.25, -0.2) is 4.39 Å². The smallest absolute Gasteiger partial charge is 0.251 e. The number of morpholine rings is 1. The first kappa shape index (κ1) is 21.2. The molecule has 1 aliphatic rings. The number of rotatable bonds is 7. The summed E-state index contributed by atoms with van der Waals surface area (Å²) in [5, 5.41) is 5.89. The number of nitrogens with one attached hydrogen (secondary N) is 2. The number of carbonyl (C=O) groups is 2. The minimum Gasteiger partial charge on any atom is -0.379 e. The van der Waals surface area contributed by atoms with Crippen molar-refractivity contribution in [3.8, 4) is 0 Å². The van der Waals surface area contributed by atoms with Gasteiger partial charge in [-0.3, -0.25) is 14.5 Å². The van der Waals surface area contributed by atoms with Crippen LogP contribution < -0.4 is 10.6 Å². The summed E-state index contributed by atoms with van der Waals surface area (Å²) in [7, 11) is 0. The maximum Gasteiger partial charge on any atom is 0.251 e. The molecular formula is C21H23ClFN3O3. The Morgan fingerprint density at radius 1 is 1.10 bits per heavy atom. The van der Waals surface area contributed by atoms with Crippen molar-refractivity contribution in [1.82, 2.24) is 15.5 Å². The van der Waals surface area contributed by atoms with Crippen molar-refractivity contribution in [3.63, 3.8) is 0 Å². The molecule has 8 heteroatoms. The molecule has 0 bridgehead atoms. The Hall–Kier alpha value is -2.48. The molecule has 1 fully saturated rings. The third-order valence-corrected chi connectivity index (χ3v) is 4.97. The molecule has 0 radical (unpaired) electrons. The molecule has 1 unspecified atom stereocenters. The van der Waals surface area contributed by atoms with E-state index in [0.29, 0.717) is 30.3 Å². The van der Waals surface area contributed by atoms with Crippen LogP contribution in [-0.4, -0.2) is 56.1 Å². The molecule has 0 aromatic heterocycles. The van der Waals surface area contributed by atoms with Crippen LogP contribution in [-0.2, 0) is 9.53 Å². The van der Waals surface area contributed by atoms with Gasteiger partial charge in [0.05, 0.1) is 25.8 Å². The molecule has 154 valence electrons. The van der Waals surface area contributed by atoms with Gasteiger partial charge < -0.3 is 15.4 Å². The third-order valence-electron chi connectivity index (χ3n) is 4.73. The SMILES string of the molecule is O=C(CNC(=O)c1cccc(Cl)c1)NCC(c1ccc(F)cc1)N1CCOCC1. The Morgan fingerprint density at radius 2 is 1.83 bits per heavy atom. The van der Waals surface area contributed by atoms with E-state index in [-0.39, 0.29) is 30.2 Å². The summed E-state index contributed by atoms with van der Waals surface area (Å²) < 4.78 is 18.7. The number of halogens is 2. The summed E-state index contributed by atoms with van der Waals surface area (Å²) >= 11 is 5.88. The van der Waals surface area contributed by atoms with Crippen LogP contribution in [0.1, 0.15) is 22.0 Å². The van der Waals surface area contributed by atoms with Crippen molar-refractivity contribution in [2.75, 3.05) is 39.4 Å². The Balaban J connectivity index is 1.56. The maximum atomic E-state index is 13.3. The summed E-state index contributed by atoms with van der Waals surface area (Å²) in [4.78, 5) is 26.6. The minimum atomic E-state index is -0.370. The van der Waals surface area contributed by atoms with Crippen molar-refractivity contribution in [3.05, 3.63) is 70.5 Å². The van der Waals surface area contributed by atoms with Crippen molar-refractivity contribution >= 4 is 23.4 Å². The Labute approximate surface area is 174 Å². The lowest BCUT2D eigenvalue weighted by atomic mass is 10.0. The zero-order valence-electron chi connectivity index (χ0n) is 15.9. The number of carbonyl (C=O) groups excluding carboxylic acids is 2. The van der Waals surface area contributed by atoms with Crippen LogP contribution in [0.5, 0.6) is 0 Å². The molecule has 1 aliphatic heterocycles. The predicted octanol–water partition coefficient (Wildman–Crippen LogP) is 2.40. The highest BCUT2D eigenvalue weighted by Crippen LogP contribution is 2.21. The van der Waals surface area contributed by atoms with Crippen LogP contribution >= 0.6 is 11.6 Å². The molecule has 1 atom stereocenters. The highest BCUT2D eigenvalue weighted by Gasteiger charge is 2.23. The van der Waals surface area contributed by atoms with Crippen molar-refractivity contribution in [2.45, 2.75) is 6.04 Å². The van der Waals surface area contributed by atoms with Gasteiger partial charge in [0.15, 0.2) is 0 Å². The van der Waals surface area contributed by atoms with Gasteiger partial charge in [0, 0.05) is 30.2 Å². The molecular weight excluding hydrogens is 397 g/mol. The van der Waals surface area contributed by atoms with Gasteiger partial charge in [-0.15, -0.1) is 0 Å². The Kier molecular flexibility index (Phi) is 7.57. The number of ether oxygens (including phenoxy) is 1. The van der Waals surface area contributed by atoms with Crippen LogP contribution in [0.25, 0.3) is 0 Å². The average Bonchev–Trinajstić information content (AvgIpc) is 2.74. The number of amides is 2. The Bertz CT molecular complexity index is 841. The monoisotopic (exact) mass is 419 g/mol. The minimum absolute atomic E-state index is 0.105. The fraction of sp³-hybridized carbons (Fsp3) is 0.333. The van der Waals surface area contributed by atoms with Crippen molar-refractivity contribution in [1.29, 1.82) is 0 Å². The second-order valence-electron chi connectivity index (χ2n) is 6.71. The highest BCUT2D eigenvalue weighted by molar-refractivity contribution is 6.30. The first-order valence-corrected chi connectivity index (χ1v) is 9.78. The molecule has 29 heavy (non-hydrogen) atoms. The van der Waals surface area contributed by atoms with E-state index in [0.717, 1.165) is 18.7 Å². The number of nitrogens with zero attached hydrogens (tertiary/aromatic N) is 1. The molecule has 2 amide bonds. The summed E-state index contributed by atoms with van der Waals surface area (Å²) in [6.07, 6.45) is 0. The predicted molar refractivity (Wildman–Crippen MR) is 108 cm³/mol. The van der Waals surface area contributed by atoms with E-state index in [1.807, 2.05) is 0 Å². The van der Waals surface area contributed by atoms with Crippen LogP contribution in [0.15, 0.2) is 48.5 Å². The lowest BCUT2D eigenvalue weighted by Gasteiger charge is -2.35. The van der Waals surface area contributed by atoms with Crippen LogP contribution in [0, 0.1) is 5.82 Å². The first-order chi connectivity index (χ1) is 14.0. The first-order valence-electron chi connectivity index (χ1n) is 9.40. The third kappa shape index (κ3) is 6.25. The molecule has 0 spiro atoms. The number of hydrogen-bond donors (Lipinski definition) is 2. The fourth-order valence-corrected chi connectivity index (χ4v) is 3.39. The van der Waals surface area contributed by atoms with Gasteiger partial charge in [-0.1, -0.05) is 29.8 Å². The molecule has 1 saturated heterocycles. The molecule has 2 N–H and O–H groups in total. The largest absolute Gasteiger partial charge is 0.379 e. The quantitative estimate of drug-likeness (QED) is 0.723. The number of hydrogen-bond acceptors (Lipinski definition) is 4. The van der Waals surface area contributed by atoms with E-state index in [4.69, 9.17) is 16.3 Å². The van der Waals surface area contributed by atoms with E-state index in [1.165, 1.54) is 18.2 Å². The second-order valence-corrected chi connectivity index (χ2v) is 7.15. The second kappa shape index (κ2) is 10.3. The standard InChI is InChI=1S/C21H23ClFN3O3/c22-17-3-1-2-16(12-17)21(28)25-14-20(27)24-13-19(26-8-10-29-11-9-26)15-4-6-18(23)7-5-15/h1-7,12,19H,8-11,13-14H2,(H,24,27)(H,25,28). The fourth-order valence-electron chi connectivity index (χ4n) is 3.20. The summed E-state index contributed by atoms with van der Waals surface area (Å²) in [5.41, 5.74) is 1.30. The molecule has 2 aromatic rings.